The minimum absolute atomic E-state index is 0.104. The summed E-state index contributed by atoms with van der Waals surface area (Å²) < 4.78 is 13.3. The summed E-state index contributed by atoms with van der Waals surface area (Å²) in [6.07, 6.45) is 0. The first kappa shape index (κ1) is 15.4. The maximum absolute atomic E-state index is 13.0. The molecule has 2 aromatic rings. The highest BCUT2D eigenvalue weighted by Crippen LogP contribution is 2.28. The van der Waals surface area contributed by atoms with Crippen molar-refractivity contribution in [2.45, 2.75) is 0 Å². The van der Waals surface area contributed by atoms with Gasteiger partial charge in [0.1, 0.15) is 5.82 Å². The van der Waals surface area contributed by atoms with Crippen LogP contribution >= 0.6 is 27.5 Å². The first-order chi connectivity index (χ1) is 9.88. The zero-order valence-electron chi connectivity index (χ0n) is 10.3. The van der Waals surface area contributed by atoms with Crippen LogP contribution in [0, 0.1) is 15.9 Å². The summed E-state index contributed by atoms with van der Waals surface area (Å²) in [5.74, 6) is -1.06. The molecule has 0 radical (unpaired) electrons. The summed E-state index contributed by atoms with van der Waals surface area (Å²) in [7, 11) is 0. The van der Waals surface area contributed by atoms with E-state index in [0.717, 1.165) is 18.2 Å². The lowest BCUT2D eigenvalue weighted by Gasteiger charge is -2.08. The minimum Gasteiger partial charge on any atom is -0.320 e. The van der Waals surface area contributed by atoms with Gasteiger partial charge in [0, 0.05) is 16.6 Å². The van der Waals surface area contributed by atoms with Gasteiger partial charge in [0.2, 0.25) is 0 Å². The summed E-state index contributed by atoms with van der Waals surface area (Å²) >= 11 is 8.96. The second kappa shape index (κ2) is 6.19. The van der Waals surface area contributed by atoms with E-state index in [-0.39, 0.29) is 26.4 Å². The molecule has 2 rings (SSSR count). The highest BCUT2D eigenvalue weighted by Gasteiger charge is 2.15. The van der Waals surface area contributed by atoms with Crippen molar-refractivity contribution in [2.24, 2.45) is 0 Å². The van der Waals surface area contributed by atoms with Crippen molar-refractivity contribution < 1.29 is 14.1 Å². The smallest absolute Gasteiger partial charge is 0.271 e. The Morgan fingerprint density at radius 3 is 2.62 bits per heavy atom. The molecule has 21 heavy (non-hydrogen) atoms. The minimum atomic E-state index is -0.597. The van der Waals surface area contributed by atoms with Crippen LogP contribution in [0.3, 0.4) is 0 Å². The van der Waals surface area contributed by atoms with Crippen molar-refractivity contribution in [3.63, 3.8) is 0 Å². The Bertz CT molecular complexity index is 739. The van der Waals surface area contributed by atoms with Gasteiger partial charge in [-0.1, -0.05) is 11.6 Å². The zero-order chi connectivity index (χ0) is 15.6. The monoisotopic (exact) mass is 372 g/mol. The molecule has 0 bridgehead atoms. The van der Waals surface area contributed by atoms with Gasteiger partial charge in [-0.15, -0.1) is 0 Å². The first-order valence-electron chi connectivity index (χ1n) is 5.59. The summed E-state index contributed by atoms with van der Waals surface area (Å²) in [5, 5.41) is 13.3. The summed E-state index contributed by atoms with van der Waals surface area (Å²) in [6, 6.07) is 7.26. The quantitative estimate of drug-likeness (QED) is 0.640. The lowest BCUT2D eigenvalue weighted by Crippen LogP contribution is -2.13. The van der Waals surface area contributed by atoms with Crippen LogP contribution in [0.4, 0.5) is 15.8 Å². The van der Waals surface area contributed by atoms with E-state index in [1.54, 1.807) is 0 Å². The number of nitro groups is 1. The third-order valence-electron chi connectivity index (χ3n) is 2.58. The van der Waals surface area contributed by atoms with Crippen LogP contribution in [-0.4, -0.2) is 10.8 Å². The van der Waals surface area contributed by atoms with E-state index in [4.69, 9.17) is 11.6 Å². The lowest BCUT2D eigenvalue weighted by molar-refractivity contribution is -0.384. The zero-order valence-corrected chi connectivity index (χ0v) is 12.6. The molecule has 0 unspecified atom stereocenters. The van der Waals surface area contributed by atoms with Gasteiger partial charge in [-0.05, 0) is 40.2 Å². The first-order valence-corrected chi connectivity index (χ1v) is 6.76. The molecule has 5 nitrogen and oxygen atoms in total. The van der Waals surface area contributed by atoms with Crippen LogP contribution in [0.1, 0.15) is 10.4 Å². The molecular weight excluding hydrogens is 367 g/mol. The summed E-state index contributed by atoms with van der Waals surface area (Å²) in [4.78, 5) is 22.2. The number of hydrogen-bond acceptors (Lipinski definition) is 3. The number of anilines is 1. The van der Waals surface area contributed by atoms with Gasteiger partial charge in [-0.2, -0.15) is 0 Å². The molecule has 0 aliphatic rings. The van der Waals surface area contributed by atoms with E-state index in [0.29, 0.717) is 0 Å². The average Bonchev–Trinajstić information content (AvgIpc) is 2.40. The Kier molecular flexibility index (Phi) is 4.54. The predicted octanol–water partition coefficient (Wildman–Crippen LogP) is 4.40. The predicted molar refractivity (Wildman–Crippen MR) is 80.2 cm³/mol. The maximum atomic E-state index is 13.0. The molecule has 0 spiro atoms. The Hall–Kier alpha value is -1.99. The highest BCUT2D eigenvalue weighted by atomic mass is 79.9. The van der Waals surface area contributed by atoms with Gasteiger partial charge >= 0.3 is 0 Å². The molecule has 0 atom stereocenters. The Morgan fingerprint density at radius 1 is 1.29 bits per heavy atom. The molecule has 0 aliphatic heterocycles. The van der Waals surface area contributed by atoms with E-state index >= 15 is 0 Å². The fraction of sp³-hybridized carbons (Fsp3) is 0. The molecular formula is C13H7BrClFN2O3. The van der Waals surface area contributed by atoms with Crippen molar-refractivity contribution in [3.8, 4) is 0 Å². The normalized spacial score (nSPS) is 10.2. The highest BCUT2D eigenvalue weighted by molar-refractivity contribution is 9.10. The Morgan fingerprint density at radius 2 is 2.00 bits per heavy atom. The molecule has 1 N–H and O–H groups in total. The number of benzene rings is 2. The van der Waals surface area contributed by atoms with Gasteiger partial charge in [0.05, 0.1) is 21.2 Å². The third kappa shape index (κ3) is 3.56. The van der Waals surface area contributed by atoms with Crippen molar-refractivity contribution in [1.82, 2.24) is 0 Å². The van der Waals surface area contributed by atoms with Crippen LogP contribution in [0.5, 0.6) is 0 Å². The molecule has 0 fully saturated rings. The molecule has 2 aromatic carbocycles. The number of halogens is 3. The van der Waals surface area contributed by atoms with Gasteiger partial charge in [0.15, 0.2) is 0 Å². The average molecular weight is 374 g/mol. The molecule has 8 heteroatoms. The Labute approximate surface area is 132 Å². The number of nitrogens with zero attached hydrogens (tertiary/aromatic N) is 1. The maximum Gasteiger partial charge on any atom is 0.271 e. The number of nitrogens with one attached hydrogen (secondary N) is 1. The van der Waals surface area contributed by atoms with Gasteiger partial charge in [-0.25, -0.2) is 4.39 Å². The number of amides is 1. The van der Waals surface area contributed by atoms with Crippen molar-refractivity contribution >= 4 is 44.8 Å². The van der Waals surface area contributed by atoms with Gasteiger partial charge in [0.25, 0.3) is 11.6 Å². The molecule has 0 saturated heterocycles. The Balaban J connectivity index is 2.31. The van der Waals surface area contributed by atoms with Gasteiger partial charge in [-0.3, -0.25) is 14.9 Å². The van der Waals surface area contributed by atoms with Crippen molar-refractivity contribution in [1.29, 1.82) is 0 Å². The van der Waals surface area contributed by atoms with E-state index in [2.05, 4.69) is 21.2 Å². The molecule has 0 aliphatic carbocycles. The van der Waals surface area contributed by atoms with Crippen molar-refractivity contribution in [2.75, 3.05) is 5.32 Å². The number of carbonyl (C=O) groups excluding carboxylic acids is 1. The number of nitro benzene ring substituents is 1. The van der Waals surface area contributed by atoms with E-state index in [1.807, 2.05) is 0 Å². The molecule has 0 heterocycles. The van der Waals surface area contributed by atoms with E-state index in [1.165, 1.54) is 18.2 Å². The van der Waals surface area contributed by atoms with Crippen LogP contribution in [-0.2, 0) is 0 Å². The van der Waals surface area contributed by atoms with Crippen LogP contribution in [0.25, 0.3) is 0 Å². The lowest BCUT2D eigenvalue weighted by atomic mass is 10.2. The fourth-order valence-electron chi connectivity index (χ4n) is 1.59. The molecule has 0 saturated carbocycles. The summed E-state index contributed by atoms with van der Waals surface area (Å²) in [6.45, 7) is 0. The third-order valence-corrected chi connectivity index (χ3v) is 3.57. The van der Waals surface area contributed by atoms with E-state index < -0.39 is 16.6 Å². The SMILES string of the molecule is O=C(Nc1cc([N+](=O)[O-])ccc1Cl)c1ccc(F)cc1Br. The number of carbonyl (C=O) groups is 1. The second-order valence-electron chi connectivity index (χ2n) is 4.00. The second-order valence-corrected chi connectivity index (χ2v) is 5.26. The van der Waals surface area contributed by atoms with Crippen LogP contribution in [0.2, 0.25) is 5.02 Å². The van der Waals surface area contributed by atoms with Gasteiger partial charge < -0.3 is 5.32 Å². The number of rotatable bonds is 3. The van der Waals surface area contributed by atoms with Crippen LogP contribution in [0.15, 0.2) is 40.9 Å². The molecule has 108 valence electrons. The largest absolute Gasteiger partial charge is 0.320 e. The van der Waals surface area contributed by atoms with Crippen molar-refractivity contribution in [3.05, 3.63) is 67.4 Å². The fourth-order valence-corrected chi connectivity index (χ4v) is 2.28. The summed E-state index contributed by atoms with van der Waals surface area (Å²) in [5.41, 5.74) is 0.0823. The topological polar surface area (TPSA) is 72.2 Å². The molecule has 1 amide bonds. The number of non-ortho nitro benzene ring substituents is 1. The number of hydrogen-bond donors (Lipinski definition) is 1. The van der Waals surface area contributed by atoms with E-state index in [9.17, 15) is 19.3 Å². The standard InChI is InChI=1S/C13H7BrClFN2O3/c14-10-5-7(16)1-3-9(10)13(19)17-12-6-8(18(20)21)2-4-11(12)15/h1-6H,(H,17,19). The van der Waals surface area contributed by atoms with Crippen LogP contribution < -0.4 is 5.32 Å². The molecule has 0 aromatic heterocycles.